The highest BCUT2D eigenvalue weighted by Gasteiger charge is 2.62. The minimum atomic E-state index is -4.98. The molecule has 32 heavy (non-hydrogen) atoms. The molecule has 0 radical (unpaired) electrons. The van der Waals surface area contributed by atoms with Gasteiger partial charge < -0.3 is 5.11 Å². The summed E-state index contributed by atoms with van der Waals surface area (Å²) < 4.78 is 55.3. The number of halogens is 4. The maximum absolute atomic E-state index is 14.0. The van der Waals surface area contributed by atoms with Crippen LogP contribution in [0.25, 0.3) is 22.0 Å². The van der Waals surface area contributed by atoms with Crippen molar-refractivity contribution in [3.05, 3.63) is 83.5 Å². The average Bonchev–Trinajstić information content (AvgIpc) is 3.39. The zero-order chi connectivity index (χ0) is 22.5. The van der Waals surface area contributed by atoms with E-state index in [1.54, 1.807) is 29.6 Å². The van der Waals surface area contributed by atoms with Gasteiger partial charge in [0.05, 0.1) is 17.8 Å². The van der Waals surface area contributed by atoms with Gasteiger partial charge in [-0.05, 0) is 35.0 Å². The monoisotopic (exact) mass is 457 g/mol. The molecule has 0 fully saturated rings. The van der Waals surface area contributed by atoms with Crippen molar-refractivity contribution in [2.24, 2.45) is 5.10 Å². The highest BCUT2D eigenvalue weighted by Crippen LogP contribution is 2.45. The van der Waals surface area contributed by atoms with Gasteiger partial charge in [0.2, 0.25) is 5.13 Å². The Balaban J connectivity index is 1.60. The van der Waals surface area contributed by atoms with Crippen LogP contribution in [0.15, 0.2) is 77.2 Å². The van der Waals surface area contributed by atoms with Crippen molar-refractivity contribution >= 4 is 33.0 Å². The molecule has 1 aromatic heterocycles. The summed E-state index contributed by atoms with van der Waals surface area (Å²) in [5.41, 5.74) is -1.70. The van der Waals surface area contributed by atoms with Crippen LogP contribution in [0.1, 0.15) is 12.0 Å². The van der Waals surface area contributed by atoms with E-state index in [4.69, 9.17) is 0 Å². The quantitative estimate of drug-likeness (QED) is 0.386. The van der Waals surface area contributed by atoms with Gasteiger partial charge >= 0.3 is 6.18 Å². The first-order valence-electron chi connectivity index (χ1n) is 9.63. The number of aliphatic hydroxyl groups is 1. The molecule has 4 aromatic rings. The first-order valence-corrected chi connectivity index (χ1v) is 10.5. The largest absolute Gasteiger partial charge is 0.438 e. The van der Waals surface area contributed by atoms with Crippen molar-refractivity contribution in [2.75, 3.05) is 5.01 Å². The molecule has 0 amide bonds. The lowest BCUT2D eigenvalue weighted by Gasteiger charge is -2.32. The van der Waals surface area contributed by atoms with Crippen LogP contribution in [0, 0.1) is 5.82 Å². The molecular formula is C23H15F4N3OS. The summed E-state index contributed by atoms with van der Waals surface area (Å²) in [4.78, 5) is 4.25. The van der Waals surface area contributed by atoms with Gasteiger partial charge in [-0.3, -0.25) is 0 Å². The fourth-order valence-corrected chi connectivity index (χ4v) is 4.56. The molecule has 0 unspecified atom stereocenters. The zero-order valence-corrected chi connectivity index (χ0v) is 17.2. The van der Waals surface area contributed by atoms with E-state index in [9.17, 15) is 22.7 Å². The molecule has 1 aliphatic heterocycles. The topological polar surface area (TPSA) is 48.7 Å². The Labute approximate surface area is 184 Å². The number of hydrogen-bond donors (Lipinski definition) is 1. The molecule has 5 rings (SSSR count). The van der Waals surface area contributed by atoms with E-state index in [1.807, 2.05) is 18.2 Å². The highest BCUT2D eigenvalue weighted by molar-refractivity contribution is 7.14. The van der Waals surface area contributed by atoms with E-state index in [0.29, 0.717) is 21.8 Å². The molecular weight excluding hydrogens is 442 g/mol. The molecule has 0 spiro atoms. The van der Waals surface area contributed by atoms with Gasteiger partial charge in [0.1, 0.15) is 5.82 Å². The smallest absolute Gasteiger partial charge is 0.362 e. The zero-order valence-electron chi connectivity index (χ0n) is 16.3. The molecule has 9 heteroatoms. The Morgan fingerprint density at radius 1 is 0.969 bits per heavy atom. The summed E-state index contributed by atoms with van der Waals surface area (Å²) in [6, 6.07) is 18.0. The summed E-state index contributed by atoms with van der Waals surface area (Å²) in [5.74, 6) is -0.431. The number of aromatic nitrogens is 1. The lowest BCUT2D eigenvalue weighted by molar-refractivity contribution is -0.254. The Hall–Kier alpha value is -3.30. The van der Waals surface area contributed by atoms with Crippen LogP contribution in [-0.4, -0.2) is 27.7 Å². The normalized spacial score (nSPS) is 18.9. The molecule has 0 saturated carbocycles. The molecule has 0 aliphatic carbocycles. The minimum absolute atomic E-state index is 0.111. The van der Waals surface area contributed by atoms with Crippen molar-refractivity contribution in [1.29, 1.82) is 0 Å². The predicted molar refractivity (Wildman–Crippen MR) is 116 cm³/mol. The Kier molecular flexibility index (Phi) is 4.75. The molecule has 1 atom stereocenters. The molecule has 0 saturated heterocycles. The van der Waals surface area contributed by atoms with Crippen LogP contribution in [0.4, 0.5) is 22.7 Å². The highest BCUT2D eigenvalue weighted by atomic mass is 32.1. The van der Waals surface area contributed by atoms with Gasteiger partial charge in [-0.1, -0.05) is 42.5 Å². The summed E-state index contributed by atoms with van der Waals surface area (Å²) in [6.07, 6.45) is -5.72. The fourth-order valence-electron chi connectivity index (χ4n) is 3.71. The summed E-state index contributed by atoms with van der Waals surface area (Å²) in [6.45, 7) is 0. The Morgan fingerprint density at radius 2 is 1.69 bits per heavy atom. The molecule has 162 valence electrons. The van der Waals surface area contributed by atoms with Gasteiger partial charge in [-0.15, -0.1) is 11.3 Å². The summed E-state index contributed by atoms with van der Waals surface area (Å²) in [7, 11) is 0. The van der Waals surface area contributed by atoms with Crippen molar-refractivity contribution in [2.45, 2.75) is 18.3 Å². The second-order valence-electron chi connectivity index (χ2n) is 7.40. The first kappa shape index (κ1) is 20.6. The third kappa shape index (κ3) is 3.34. The molecule has 1 aliphatic rings. The second kappa shape index (κ2) is 7.39. The van der Waals surface area contributed by atoms with Crippen LogP contribution in [0.3, 0.4) is 0 Å². The van der Waals surface area contributed by atoms with Crippen LogP contribution in [-0.2, 0) is 0 Å². The fraction of sp³-hybridized carbons (Fsp3) is 0.130. The van der Waals surface area contributed by atoms with Crippen LogP contribution in [0.5, 0.6) is 0 Å². The van der Waals surface area contributed by atoms with Crippen LogP contribution in [0.2, 0.25) is 0 Å². The van der Waals surface area contributed by atoms with Crippen LogP contribution >= 0.6 is 11.3 Å². The van der Waals surface area contributed by atoms with Crippen molar-refractivity contribution < 1.29 is 22.7 Å². The van der Waals surface area contributed by atoms with Gasteiger partial charge in [0.25, 0.3) is 5.72 Å². The standard InChI is InChI=1S/C23H15F4N3OS/c24-16-10-8-15(9-11-16)20-13-32-21(28-20)30-22(31,23(25,26)27)12-19(29-30)18-7-3-5-14-4-1-2-6-17(14)18/h1-11,13,31H,12H2/t22-/m0/s1. The number of benzene rings is 3. The molecule has 4 nitrogen and oxygen atoms in total. The number of rotatable bonds is 3. The van der Waals surface area contributed by atoms with Gasteiger partial charge in [-0.2, -0.15) is 23.3 Å². The van der Waals surface area contributed by atoms with E-state index >= 15 is 0 Å². The van der Waals surface area contributed by atoms with Gasteiger partial charge in [0.15, 0.2) is 0 Å². The maximum atomic E-state index is 14.0. The molecule has 3 aromatic carbocycles. The number of anilines is 1. The average molecular weight is 457 g/mol. The van der Waals surface area contributed by atoms with Gasteiger partial charge in [-0.25, -0.2) is 9.37 Å². The van der Waals surface area contributed by atoms with Crippen LogP contribution < -0.4 is 5.01 Å². The number of nitrogens with zero attached hydrogens (tertiary/aromatic N) is 3. The summed E-state index contributed by atoms with van der Waals surface area (Å²) >= 11 is 0.919. The second-order valence-corrected chi connectivity index (χ2v) is 8.24. The third-order valence-electron chi connectivity index (χ3n) is 5.35. The number of alkyl halides is 3. The van der Waals surface area contributed by atoms with Crippen molar-refractivity contribution in [3.63, 3.8) is 0 Å². The molecule has 1 N–H and O–H groups in total. The maximum Gasteiger partial charge on any atom is 0.438 e. The van der Waals surface area contributed by atoms with Crippen molar-refractivity contribution in [1.82, 2.24) is 4.98 Å². The number of thiazole rings is 1. The predicted octanol–water partition coefficient (Wildman–Crippen LogP) is 5.97. The van der Waals surface area contributed by atoms with E-state index < -0.39 is 24.1 Å². The molecule has 2 heterocycles. The van der Waals surface area contributed by atoms with Crippen molar-refractivity contribution in [3.8, 4) is 11.3 Å². The SMILES string of the molecule is O[C@]1(C(F)(F)F)CC(c2cccc3ccccc23)=NN1c1nc(-c2ccc(F)cc2)cs1. The number of hydrazone groups is 1. The minimum Gasteiger partial charge on any atom is -0.362 e. The van der Waals surface area contributed by atoms with E-state index in [0.717, 1.165) is 22.1 Å². The lowest BCUT2D eigenvalue weighted by Crippen LogP contribution is -2.55. The summed E-state index contributed by atoms with van der Waals surface area (Å²) in [5, 5.41) is 18.5. The van der Waals surface area contributed by atoms with E-state index in [2.05, 4.69) is 10.1 Å². The first-order chi connectivity index (χ1) is 15.3. The van der Waals surface area contributed by atoms with E-state index in [1.165, 1.54) is 24.3 Å². The number of fused-ring (bicyclic) bond motifs is 1. The number of hydrogen-bond acceptors (Lipinski definition) is 5. The van der Waals surface area contributed by atoms with Gasteiger partial charge in [0, 0.05) is 16.5 Å². The Bertz CT molecular complexity index is 1330. The Morgan fingerprint density at radius 3 is 2.44 bits per heavy atom. The molecule has 0 bridgehead atoms. The van der Waals surface area contributed by atoms with E-state index in [-0.39, 0.29) is 10.8 Å². The third-order valence-corrected chi connectivity index (χ3v) is 6.17. The lowest BCUT2D eigenvalue weighted by atomic mass is 9.96.